The van der Waals surface area contributed by atoms with Crippen LogP contribution in [0.3, 0.4) is 0 Å². The van der Waals surface area contributed by atoms with E-state index in [1.807, 2.05) is 78.9 Å². The quantitative estimate of drug-likeness (QED) is 0.0786. The molecule has 1 aliphatic heterocycles. The number of carbonyl (C=O) groups is 1. The maximum absolute atomic E-state index is 13.3. The highest BCUT2D eigenvalue weighted by Crippen LogP contribution is 2.28. The highest BCUT2D eigenvalue weighted by molar-refractivity contribution is 5.99. The van der Waals surface area contributed by atoms with Gasteiger partial charge in [0.05, 0.1) is 5.56 Å². The van der Waals surface area contributed by atoms with Crippen LogP contribution in [-0.4, -0.2) is 25.3 Å². The topological polar surface area (TPSA) is 54.0 Å². The van der Waals surface area contributed by atoms with Crippen LogP contribution < -0.4 is 9.47 Å². The van der Waals surface area contributed by atoms with Gasteiger partial charge in [-0.3, -0.25) is 4.79 Å². The van der Waals surface area contributed by atoms with Crippen molar-refractivity contribution < 1.29 is 23.7 Å². The molecule has 0 bridgehead atoms. The Kier molecular flexibility index (Phi) is 16.6. The smallest absolute Gasteiger partial charge is 0.166 e. The molecule has 1 aliphatic rings. The van der Waals surface area contributed by atoms with Gasteiger partial charge in [0, 0.05) is 19.6 Å². The molecule has 1 fully saturated rings. The van der Waals surface area contributed by atoms with E-state index in [0.717, 1.165) is 50.0 Å². The maximum atomic E-state index is 13.3. The summed E-state index contributed by atoms with van der Waals surface area (Å²) in [5, 5.41) is 0. The Bertz CT molecular complexity index is 1190. The number of ether oxygens (including phenoxy) is 4. The zero-order chi connectivity index (χ0) is 31.2. The van der Waals surface area contributed by atoms with E-state index in [4.69, 9.17) is 18.9 Å². The fourth-order valence-corrected chi connectivity index (χ4v) is 5.77. The van der Waals surface area contributed by atoms with E-state index < -0.39 is 0 Å². The van der Waals surface area contributed by atoms with Crippen molar-refractivity contribution in [1.29, 1.82) is 0 Å². The molecule has 0 saturated carbocycles. The summed E-state index contributed by atoms with van der Waals surface area (Å²) in [6.45, 7) is 2.59. The van der Waals surface area contributed by atoms with Crippen molar-refractivity contribution >= 4 is 5.78 Å². The zero-order valence-corrected chi connectivity index (χ0v) is 27.3. The Labute approximate surface area is 271 Å². The van der Waals surface area contributed by atoms with E-state index >= 15 is 0 Å². The van der Waals surface area contributed by atoms with Crippen LogP contribution in [0.4, 0.5) is 0 Å². The molecule has 0 N–H and O–H groups in total. The first kappa shape index (κ1) is 34.7. The largest absolute Gasteiger partial charge is 0.489 e. The molecule has 0 spiro atoms. The monoisotopic (exact) mass is 614 g/mol. The second-order valence-corrected chi connectivity index (χ2v) is 12.3. The minimum atomic E-state index is 0.0550. The zero-order valence-electron chi connectivity index (χ0n) is 27.3. The van der Waals surface area contributed by atoms with Crippen molar-refractivity contribution in [2.45, 2.75) is 122 Å². The van der Waals surface area contributed by atoms with Crippen LogP contribution in [-0.2, 0) is 22.7 Å². The van der Waals surface area contributed by atoms with Gasteiger partial charge in [0.2, 0.25) is 0 Å². The Morgan fingerprint density at radius 2 is 1.22 bits per heavy atom. The third-order valence-corrected chi connectivity index (χ3v) is 8.48. The molecule has 45 heavy (non-hydrogen) atoms. The lowest BCUT2D eigenvalue weighted by Gasteiger charge is -2.22. The van der Waals surface area contributed by atoms with E-state index in [0.29, 0.717) is 36.7 Å². The minimum Gasteiger partial charge on any atom is -0.489 e. The van der Waals surface area contributed by atoms with Crippen LogP contribution in [0.25, 0.3) is 0 Å². The van der Waals surface area contributed by atoms with Gasteiger partial charge in [-0.1, -0.05) is 125 Å². The second-order valence-electron chi connectivity index (χ2n) is 12.3. The molecule has 5 nitrogen and oxygen atoms in total. The number of ketones is 1. The van der Waals surface area contributed by atoms with Gasteiger partial charge in [0.1, 0.15) is 24.7 Å². The van der Waals surface area contributed by atoms with Gasteiger partial charge in [0.15, 0.2) is 12.1 Å². The van der Waals surface area contributed by atoms with Gasteiger partial charge in [-0.2, -0.15) is 0 Å². The van der Waals surface area contributed by atoms with E-state index in [1.165, 1.54) is 70.6 Å². The molecule has 5 heteroatoms. The van der Waals surface area contributed by atoms with Crippen molar-refractivity contribution in [3.05, 3.63) is 95.6 Å². The number of carbonyl (C=O) groups excluding carboxylic acids is 1. The summed E-state index contributed by atoms with van der Waals surface area (Å²) in [6, 6.07) is 25.8. The molecule has 1 saturated heterocycles. The molecule has 3 aromatic carbocycles. The van der Waals surface area contributed by atoms with Crippen LogP contribution in [0, 0.1) is 0 Å². The van der Waals surface area contributed by atoms with Gasteiger partial charge < -0.3 is 18.9 Å². The van der Waals surface area contributed by atoms with Crippen molar-refractivity contribution in [3.8, 4) is 11.5 Å². The first-order valence-corrected chi connectivity index (χ1v) is 17.5. The van der Waals surface area contributed by atoms with Gasteiger partial charge in [-0.25, -0.2) is 0 Å². The van der Waals surface area contributed by atoms with E-state index in [9.17, 15) is 4.79 Å². The van der Waals surface area contributed by atoms with Crippen molar-refractivity contribution in [1.82, 2.24) is 0 Å². The average Bonchev–Trinajstić information content (AvgIpc) is 3.09. The fourth-order valence-electron chi connectivity index (χ4n) is 5.77. The third kappa shape index (κ3) is 14.2. The lowest BCUT2D eigenvalue weighted by atomic mass is 10.0. The highest BCUT2D eigenvalue weighted by atomic mass is 16.7. The summed E-state index contributed by atoms with van der Waals surface area (Å²) in [5.41, 5.74) is 2.78. The molecule has 0 aliphatic carbocycles. The first-order chi connectivity index (χ1) is 22.3. The Morgan fingerprint density at radius 1 is 0.644 bits per heavy atom. The van der Waals surface area contributed by atoms with Gasteiger partial charge >= 0.3 is 0 Å². The molecular formula is C40H54O5. The highest BCUT2D eigenvalue weighted by Gasteiger charge is 2.15. The van der Waals surface area contributed by atoms with Crippen LogP contribution in [0.15, 0.2) is 78.9 Å². The lowest BCUT2D eigenvalue weighted by Crippen LogP contribution is -2.22. The average molecular weight is 615 g/mol. The molecular weight excluding hydrogens is 560 g/mol. The number of hydrogen-bond donors (Lipinski definition) is 0. The SMILES string of the molecule is O=C(CCCCCCCCCCCCCCOC1CCCCO1)c1cc(OCc2ccccc2)ccc1OCc1ccccc1. The number of unbranched alkanes of at least 4 members (excludes halogenated alkanes) is 11. The number of rotatable bonds is 23. The van der Waals surface area contributed by atoms with Crippen LogP contribution in [0.1, 0.15) is 124 Å². The second kappa shape index (κ2) is 21.6. The number of Topliss-reactive ketones (excluding diaryl/α,β-unsaturated/α-hetero) is 1. The predicted molar refractivity (Wildman–Crippen MR) is 182 cm³/mol. The molecule has 1 atom stereocenters. The molecule has 3 aromatic rings. The lowest BCUT2D eigenvalue weighted by molar-refractivity contribution is -0.162. The first-order valence-electron chi connectivity index (χ1n) is 17.5. The summed E-state index contributed by atoms with van der Waals surface area (Å²) in [6.07, 6.45) is 18.8. The van der Waals surface area contributed by atoms with Crippen molar-refractivity contribution in [2.24, 2.45) is 0 Å². The standard InChI is InChI=1S/C40H54O5/c41-38(25-17-9-7-5-3-1-2-4-6-8-10-19-29-42-40-26-18-20-30-43-40)37-31-36(44-32-34-21-13-11-14-22-34)27-28-39(37)45-33-35-23-15-12-16-24-35/h11-16,21-24,27-28,31,40H,1-10,17-20,25-26,29-30,32-33H2. The molecule has 244 valence electrons. The summed E-state index contributed by atoms with van der Waals surface area (Å²) in [7, 11) is 0. The normalized spacial score (nSPS) is 14.7. The molecule has 1 unspecified atom stereocenters. The van der Waals surface area contributed by atoms with Gasteiger partial charge in [-0.05, 0) is 61.4 Å². The Morgan fingerprint density at radius 3 is 1.82 bits per heavy atom. The summed E-state index contributed by atoms with van der Waals surface area (Å²) in [5.74, 6) is 1.43. The van der Waals surface area contributed by atoms with Crippen molar-refractivity contribution in [2.75, 3.05) is 13.2 Å². The van der Waals surface area contributed by atoms with E-state index in [2.05, 4.69) is 0 Å². The molecule has 4 rings (SSSR count). The minimum absolute atomic E-state index is 0.0550. The van der Waals surface area contributed by atoms with Crippen LogP contribution >= 0.6 is 0 Å². The Balaban J connectivity index is 1.07. The fraction of sp³-hybridized carbons (Fsp3) is 0.525. The summed E-state index contributed by atoms with van der Waals surface area (Å²) >= 11 is 0. The summed E-state index contributed by atoms with van der Waals surface area (Å²) in [4.78, 5) is 13.3. The van der Waals surface area contributed by atoms with Crippen LogP contribution in [0.2, 0.25) is 0 Å². The van der Waals surface area contributed by atoms with Gasteiger partial charge in [0.25, 0.3) is 0 Å². The van der Waals surface area contributed by atoms with Gasteiger partial charge in [-0.15, -0.1) is 0 Å². The summed E-state index contributed by atoms with van der Waals surface area (Å²) < 4.78 is 23.6. The van der Waals surface area contributed by atoms with Crippen molar-refractivity contribution in [3.63, 3.8) is 0 Å². The molecule has 0 radical (unpaired) electrons. The molecule has 0 amide bonds. The maximum Gasteiger partial charge on any atom is 0.166 e. The van der Waals surface area contributed by atoms with Crippen LogP contribution in [0.5, 0.6) is 11.5 Å². The van der Waals surface area contributed by atoms with E-state index in [-0.39, 0.29) is 12.1 Å². The number of hydrogen-bond acceptors (Lipinski definition) is 5. The third-order valence-electron chi connectivity index (χ3n) is 8.48. The van der Waals surface area contributed by atoms with E-state index in [1.54, 1.807) is 0 Å². The predicted octanol–water partition coefficient (Wildman–Crippen LogP) is 10.6. The molecule has 1 heterocycles. The molecule has 0 aromatic heterocycles. The Hall–Kier alpha value is -3.15. The number of benzene rings is 3.